The highest BCUT2D eigenvalue weighted by Crippen LogP contribution is 2.31. The molecule has 0 spiro atoms. The van der Waals surface area contributed by atoms with E-state index in [9.17, 15) is 9.59 Å². The van der Waals surface area contributed by atoms with Crippen molar-refractivity contribution in [3.8, 4) is 0 Å². The normalized spacial score (nSPS) is 22.1. The van der Waals surface area contributed by atoms with Crippen molar-refractivity contribution in [2.45, 2.75) is 31.5 Å². The molecule has 1 aromatic heterocycles. The van der Waals surface area contributed by atoms with Gasteiger partial charge >= 0.3 is 0 Å². The maximum absolute atomic E-state index is 13.7. The molecular formula is C29H39NO10. The van der Waals surface area contributed by atoms with Crippen LogP contribution in [0.3, 0.4) is 0 Å². The maximum atomic E-state index is 13.7. The Balaban J connectivity index is 1.53. The zero-order valence-corrected chi connectivity index (χ0v) is 22.8. The summed E-state index contributed by atoms with van der Waals surface area (Å²) in [7, 11) is 0. The lowest BCUT2D eigenvalue weighted by Crippen LogP contribution is -2.40. The van der Waals surface area contributed by atoms with Gasteiger partial charge < -0.3 is 42.8 Å². The van der Waals surface area contributed by atoms with Gasteiger partial charge in [0.25, 0.3) is 5.91 Å². The number of hydrogen-bond donors (Lipinski definition) is 1. The summed E-state index contributed by atoms with van der Waals surface area (Å²) in [5, 5.41) is 9.57. The molecule has 0 radical (unpaired) electrons. The Morgan fingerprint density at radius 2 is 1.57 bits per heavy atom. The van der Waals surface area contributed by atoms with E-state index in [2.05, 4.69) is 0 Å². The van der Waals surface area contributed by atoms with E-state index in [0.717, 1.165) is 0 Å². The first kappa shape index (κ1) is 30.2. The Morgan fingerprint density at radius 3 is 2.25 bits per heavy atom. The fraction of sp³-hybridized carbons (Fsp3) is 0.586. The van der Waals surface area contributed by atoms with Crippen LogP contribution < -0.4 is 5.43 Å². The second-order valence-electron chi connectivity index (χ2n) is 9.48. The molecule has 0 aliphatic carbocycles. The average Bonchev–Trinajstić information content (AvgIpc) is 2.99. The molecule has 1 saturated heterocycles. The summed E-state index contributed by atoms with van der Waals surface area (Å²) in [6.07, 6.45) is 3.96. The SMILES string of the molecule is O=C(C1=CC(c2coc3ccccc3c2=O)CC(OCCCCO)O1)N1CCOCCOCCOCCOCC1. The van der Waals surface area contributed by atoms with Crippen LogP contribution in [-0.4, -0.2) is 101 Å². The highest BCUT2D eigenvalue weighted by atomic mass is 16.7. The van der Waals surface area contributed by atoms with Crippen molar-refractivity contribution in [2.24, 2.45) is 0 Å². The lowest BCUT2D eigenvalue weighted by atomic mass is 9.93. The van der Waals surface area contributed by atoms with Crippen LogP contribution in [-0.2, 0) is 33.2 Å². The molecule has 1 N–H and O–H groups in total. The van der Waals surface area contributed by atoms with E-state index in [1.54, 1.807) is 29.2 Å². The first-order chi connectivity index (χ1) is 19.7. The molecular weight excluding hydrogens is 522 g/mol. The number of nitrogens with zero attached hydrogens (tertiary/aromatic N) is 1. The molecule has 220 valence electrons. The number of aliphatic hydroxyl groups is 1. The van der Waals surface area contributed by atoms with Crippen molar-refractivity contribution in [3.05, 3.63) is 58.2 Å². The predicted molar refractivity (Wildman–Crippen MR) is 145 cm³/mol. The zero-order chi connectivity index (χ0) is 28.0. The minimum Gasteiger partial charge on any atom is -0.464 e. The molecule has 11 nitrogen and oxygen atoms in total. The predicted octanol–water partition coefficient (Wildman–Crippen LogP) is 2.20. The Hall–Kier alpha value is -2.80. The van der Waals surface area contributed by atoms with Crippen LogP contribution >= 0.6 is 0 Å². The third kappa shape index (κ3) is 8.85. The summed E-state index contributed by atoms with van der Waals surface area (Å²) >= 11 is 0. The van der Waals surface area contributed by atoms with Gasteiger partial charge in [0.2, 0.25) is 6.29 Å². The summed E-state index contributed by atoms with van der Waals surface area (Å²) in [5.74, 6) is -0.704. The van der Waals surface area contributed by atoms with Gasteiger partial charge in [-0.1, -0.05) is 12.1 Å². The fourth-order valence-electron chi connectivity index (χ4n) is 4.49. The van der Waals surface area contributed by atoms with Gasteiger partial charge in [0.1, 0.15) is 5.58 Å². The lowest BCUT2D eigenvalue weighted by molar-refractivity contribution is -0.153. The van der Waals surface area contributed by atoms with Crippen LogP contribution in [0.2, 0.25) is 0 Å². The van der Waals surface area contributed by atoms with Crippen LogP contribution in [0.25, 0.3) is 11.0 Å². The summed E-state index contributed by atoms with van der Waals surface area (Å²) in [5.41, 5.74) is 0.772. The number of unbranched alkanes of at least 4 members (excludes halogenated alkanes) is 1. The van der Waals surface area contributed by atoms with Gasteiger partial charge in [-0.25, -0.2) is 0 Å². The molecule has 11 heteroatoms. The average molecular weight is 562 g/mol. The molecule has 2 atom stereocenters. The van der Waals surface area contributed by atoms with E-state index >= 15 is 0 Å². The third-order valence-corrected chi connectivity index (χ3v) is 6.64. The van der Waals surface area contributed by atoms with Gasteiger partial charge in [-0.2, -0.15) is 0 Å². The number of fused-ring (bicyclic) bond motifs is 1. The molecule has 0 saturated carbocycles. The van der Waals surface area contributed by atoms with Gasteiger partial charge in [0, 0.05) is 37.6 Å². The molecule has 4 rings (SSSR count). The number of aliphatic hydroxyl groups excluding tert-OH is 1. The topological polar surface area (TPSA) is 126 Å². The van der Waals surface area contributed by atoms with Gasteiger partial charge in [0.15, 0.2) is 11.2 Å². The Bertz CT molecular complexity index is 1130. The number of rotatable bonds is 7. The summed E-state index contributed by atoms with van der Waals surface area (Å²) in [6, 6.07) is 7.06. The maximum Gasteiger partial charge on any atom is 0.288 e. The fourth-order valence-corrected chi connectivity index (χ4v) is 4.49. The van der Waals surface area contributed by atoms with E-state index in [1.807, 2.05) is 6.07 Å². The number of benzene rings is 1. The standard InChI is InChI=1S/C29H39NO10/c31-9-3-4-10-38-27-20-22(24-21-39-25-6-2-1-5-23(25)28(24)32)19-26(40-27)29(33)30-7-11-34-13-15-36-17-18-37-16-14-35-12-8-30/h1-2,5-6,19,21-22,27,31H,3-4,7-18,20H2. The highest BCUT2D eigenvalue weighted by molar-refractivity contribution is 5.92. The molecule has 3 heterocycles. The first-order valence-electron chi connectivity index (χ1n) is 13.9. The monoisotopic (exact) mass is 561 g/mol. The van der Waals surface area contributed by atoms with E-state index in [-0.39, 0.29) is 23.7 Å². The number of ether oxygens (including phenoxy) is 6. The molecule has 2 aromatic rings. The van der Waals surface area contributed by atoms with Crippen LogP contribution in [0.5, 0.6) is 0 Å². The lowest BCUT2D eigenvalue weighted by Gasteiger charge is -2.31. The van der Waals surface area contributed by atoms with Crippen molar-refractivity contribution in [2.75, 3.05) is 79.2 Å². The van der Waals surface area contributed by atoms with Crippen molar-refractivity contribution in [1.82, 2.24) is 4.90 Å². The summed E-state index contributed by atoms with van der Waals surface area (Å²) in [4.78, 5) is 28.7. The minimum atomic E-state index is -0.747. The smallest absolute Gasteiger partial charge is 0.288 e. The highest BCUT2D eigenvalue weighted by Gasteiger charge is 2.32. The van der Waals surface area contributed by atoms with E-state index in [4.69, 9.17) is 37.9 Å². The number of carbonyl (C=O) groups excluding carboxylic acids is 1. The van der Waals surface area contributed by atoms with Crippen LogP contribution in [0, 0.1) is 0 Å². The molecule has 2 aliphatic heterocycles. The van der Waals surface area contributed by atoms with Crippen molar-refractivity contribution in [1.29, 1.82) is 0 Å². The second-order valence-corrected chi connectivity index (χ2v) is 9.48. The van der Waals surface area contributed by atoms with Crippen LogP contribution in [0.4, 0.5) is 0 Å². The van der Waals surface area contributed by atoms with Gasteiger partial charge in [-0.3, -0.25) is 9.59 Å². The second kappa shape index (κ2) is 16.5. The Labute approximate surface area is 233 Å². The van der Waals surface area contributed by atoms with E-state index in [0.29, 0.717) is 108 Å². The van der Waals surface area contributed by atoms with Crippen molar-refractivity contribution in [3.63, 3.8) is 0 Å². The quantitative estimate of drug-likeness (QED) is 0.503. The number of para-hydroxylation sites is 1. The third-order valence-electron chi connectivity index (χ3n) is 6.64. The molecule has 1 fully saturated rings. The number of amides is 1. The number of hydrogen-bond acceptors (Lipinski definition) is 10. The largest absolute Gasteiger partial charge is 0.464 e. The number of carbonyl (C=O) groups is 1. The molecule has 40 heavy (non-hydrogen) atoms. The Kier molecular flexibility index (Phi) is 12.4. The number of allylic oxidation sites excluding steroid dienone is 1. The van der Waals surface area contributed by atoms with Crippen LogP contribution in [0.1, 0.15) is 30.7 Å². The van der Waals surface area contributed by atoms with E-state index < -0.39 is 12.2 Å². The zero-order valence-electron chi connectivity index (χ0n) is 22.8. The Morgan fingerprint density at radius 1 is 0.925 bits per heavy atom. The molecule has 2 unspecified atom stereocenters. The summed E-state index contributed by atoms with van der Waals surface area (Å²) in [6.45, 7) is 4.35. The first-order valence-corrected chi connectivity index (χ1v) is 13.9. The molecule has 0 bridgehead atoms. The molecule has 1 amide bonds. The van der Waals surface area contributed by atoms with Crippen LogP contribution in [0.15, 0.2) is 51.6 Å². The summed E-state index contributed by atoms with van der Waals surface area (Å²) < 4.78 is 40.0. The molecule has 2 aliphatic rings. The van der Waals surface area contributed by atoms with Crippen molar-refractivity contribution >= 4 is 16.9 Å². The molecule has 1 aromatic carbocycles. The van der Waals surface area contributed by atoms with Gasteiger partial charge in [-0.15, -0.1) is 0 Å². The van der Waals surface area contributed by atoms with Crippen molar-refractivity contribution < 1.29 is 42.7 Å². The van der Waals surface area contributed by atoms with Gasteiger partial charge in [0.05, 0.1) is 71.1 Å². The van der Waals surface area contributed by atoms with E-state index in [1.165, 1.54) is 6.26 Å². The minimum absolute atomic E-state index is 0.0661. The van der Waals surface area contributed by atoms with Gasteiger partial charge in [-0.05, 0) is 31.1 Å².